The van der Waals surface area contributed by atoms with E-state index in [1.54, 1.807) is 10.9 Å². The summed E-state index contributed by atoms with van der Waals surface area (Å²) >= 11 is 1.87. The first-order chi connectivity index (χ1) is 14.4. The summed E-state index contributed by atoms with van der Waals surface area (Å²) in [5, 5.41) is 18.2. The fourth-order valence-corrected chi connectivity index (χ4v) is 4.77. The Hall–Kier alpha value is -2.52. The van der Waals surface area contributed by atoms with Crippen molar-refractivity contribution in [1.82, 2.24) is 19.7 Å². The van der Waals surface area contributed by atoms with E-state index in [4.69, 9.17) is 0 Å². The summed E-state index contributed by atoms with van der Waals surface area (Å²) < 4.78 is 27.6. The maximum absolute atomic E-state index is 12.9. The quantitative estimate of drug-likeness (QED) is 0.595. The van der Waals surface area contributed by atoms with E-state index in [9.17, 15) is 13.9 Å². The number of thioether (sulfide) groups is 1. The number of hydrogen-bond donors (Lipinski definition) is 2. The lowest BCUT2D eigenvalue weighted by atomic mass is 9.97. The van der Waals surface area contributed by atoms with Gasteiger partial charge in [-0.1, -0.05) is 6.07 Å². The number of hydrogen-bond acceptors (Lipinski definition) is 6. The molecule has 6 nitrogen and oxygen atoms in total. The standard InChI is InChI=1S/C21H23F2N5OS/c1-14-8-15(10-17(9-14)26-20-24-5-2-18(27-20)19(22)23)16-11-25-28(12-16)13-21(29)3-6-30-7-4-21/h2,5,8-12,19,29H,3-4,6-7,13H2,1H3,(H,24,26,27). The lowest BCUT2D eigenvalue weighted by molar-refractivity contribution is 0.0116. The van der Waals surface area contributed by atoms with Gasteiger partial charge in [0.2, 0.25) is 5.95 Å². The van der Waals surface area contributed by atoms with E-state index in [0.29, 0.717) is 12.2 Å². The molecule has 1 aliphatic rings. The maximum atomic E-state index is 12.9. The SMILES string of the molecule is Cc1cc(Nc2nccc(C(F)F)n2)cc(-c2cnn(CC3(O)CCSCC3)c2)c1. The summed E-state index contributed by atoms with van der Waals surface area (Å²) in [6.45, 7) is 2.43. The third kappa shape index (κ3) is 4.96. The van der Waals surface area contributed by atoms with E-state index >= 15 is 0 Å². The number of nitrogens with one attached hydrogen (secondary N) is 1. The van der Waals surface area contributed by atoms with Gasteiger partial charge in [0.25, 0.3) is 6.43 Å². The van der Waals surface area contributed by atoms with Crippen LogP contribution < -0.4 is 5.32 Å². The molecular weight excluding hydrogens is 408 g/mol. The first kappa shape index (κ1) is 20.7. The molecule has 2 aromatic heterocycles. The monoisotopic (exact) mass is 431 g/mol. The molecule has 0 aliphatic carbocycles. The van der Waals surface area contributed by atoms with Crippen LogP contribution in [0, 0.1) is 6.92 Å². The number of anilines is 2. The van der Waals surface area contributed by atoms with Gasteiger partial charge in [-0.05, 0) is 60.6 Å². The van der Waals surface area contributed by atoms with Gasteiger partial charge in [0.15, 0.2) is 0 Å². The normalized spacial score (nSPS) is 16.0. The van der Waals surface area contributed by atoms with Crippen molar-refractivity contribution >= 4 is 23.4 Å². The van der Waals surface area contributed by atoms with E-state index in [-0.39, 0.29) is 11.6 Å². The molecule has 0 atom stereocenters. The number of benzene rings is 1. The summed E-state index contributed by atoms with van der Waals surface area (Å²) in [4.78, 5) is 7.88. The molecule has 4 rings (SSSR count). The van der Waals surface area contributed by atoms with Crippen LogP contribution >= 0.6 is 11.8 Å². The highest BCUT2D eigenvalue weighted by molar-refractivity contribution is 7.99. The van der Waals surface area contributed by atoms with Crippen LogP contribution in [0.1, 0.15) is 30.5 Å². The zero-order valence-corrected chi connectivity index (χ0v) is 17.4. The highest BCUT2D eigenvalue weighted by Crippen LogP contribution is 2.30. The largest absolute Gasteiger partial charge is 0.388 e. The number of alkyl halides is 2. The molecule has 1 fully saturated rings. The number of nitrogens with zero attached hydrogens (tertiary/aromatic N) is 4. The second-order valence-corrected chi connectivity index (χ2v) is 8.81. The minimum absolute atomic E-state index is 0.123. The van der Waals surface area contributed by atoms with E-state index in [0.717, 1.165) is 41.0 Å². The molecule has 1 saturated heterocycles. The van der Waals surface area contributed by atoms with Crippen LogP contribution in [0.15, 0.2) is 42.9 Å². The predicted octanol–water partition coefficient (Wildman–Crippen LogP) is 4.59. The summed E-state index contributed by atoms with van der Waals surface area (Å²) in [6.07, 6.45) is 3.89. The Morgan fingerprint density at radius 1 is 1.23 bits per heavy atom. The van der Waals surface area contributed by atoms with Crippen LogP contribution in [-0.2, 0) is 6.54 Å². The van der Waals surface area contributed by atoms with Crippen molar-refractivity contribution in [2.75, 3.05) is 16.8 Å². The Labute approximate surface area is 177 Å². The number of aliphatic hydroxyl groups is 1. The zero-order valence-electron chi connectivity index (χ0n) is 16.6. The van der Waals surface area contributed by atoms with Crippen molar-refractivity contribution in [1.29, 1.82) is 0 Å². The molecule has 158 valence electrons. The van der Waals surface area contributed by atoms with Crippen molar-refractivity contribution in [2.24, 2.45) is 0 Å². The highest BCUT2D eigenvalue weighted by atomic mass is 32.2. The number of rotatable bonds is 6. The van der Waals surface area contributed by atoms with Crippen LogP contribution in [0.5, 0.6) is 0 Å². The Morgan fingerprint density at radius 3 is 2.80 bits per heavy atom. The molecule has 0 amide bonds. The van der Waals surface area contributed by atoms with Crippen LogP contribution in [0.4, 0.5) is 20.4 Å². The van der Waals surface area contributed by atoms with Crippen LogP contribution in [-0.4, -0.2) is 42.0 Å². The fourth-order valence-electron chi connectivity index (χ4n) is 3.52. The lowest BCUT2D eigenvalue weighted by Gasteiger charge is -2.31. The molecule has 9 heteroatoms. The first-order valence-electron chi connectivity index (χ1n) is 9.73. The minimum Gasteiger partial charge on any atom is -0.388 e. The van der Waals surface area contributed by atoms with Gasteiger partial charge < -0.3 is 10.4 Å². The third-order valence-corrected chi connectivity index (χ3v) is 6.07. The number of aryl methyl sites for hydroxylation is 1. The zero-order chi connectivity index (χ0) is 21.1. The van der Waals surface area contributed by atoms with Crippen LogP contribution in [0.25, 0.3) is 11.1 Å². The first-order valence-corrected chi connectivity index (χ1v) is 10.9. The van der Waals surface area contributed by atoms with Gasteiger partial charge in [0, 0.05) is 23.6 Å². The van der Waals surface area contributed by atoms with Crippen molar-refractivity contribution < 1.29 is 13.9 Å². The predicted molar refractivity (Wildman–Crippen MR) is 114 cm³/mol. The van der Waals surface area contributed by atoms with Gasteiger partial charge in [-0.2, -0.15) is 16.9 Å². The third-order valence-electron chi connectivity index (χ3n) is 5.08. The Balaban J connectivity index is 1.53. The Bertz CT molecular complexity index is 1020. The van der Waals surface area contributed by atoms with Gasteiger partial charge in [0.05, 0.1) is 18.3 Å². The molecule has 0 unspecified atom stereocenters. The van der Waals surface area contributed by atoms with Gasteiger partial charge in [-0.15, -0.1) is 0 Å². The molecule has 30 heavy (non-hydrogen) atoms. The van der Waals surface area contributed by atoms with Gasteiger partial charge in [-0.3, -0.25) is 4.68 Å². The van der Waals surface area contributed by atoms with Crippen molar-refractivity contribution in [2.45, 2.75) is 38.3 Å². The highest BCUT2D eigenvalue weighted by Gasteiger charge is 2.30. The van der Waals surface area contributed by atoms with Crippen molar-refractivity contribution in [3.05, 3.63) is 54.1 Å². The second-order valence-electron chi connectivity index (χ2n) is 7.58. The number of halogens is 2. The summed E-state index contributed by atoms with van der Waals surface area (Å²) in [7, 11) is 0. The molecule has 1 aliphatic heterocycles. The van der Waals surface area contributed by atoms with Gasteiger partial charge in [0.1, 0.15) is 5.69 Å². The molecule has 0 radical (unpaired) electrons. The molecule has 2 N–H and O–H groups in total. The maximum Gasteiger partial charge on any atom is 0.280 e. The fraction of sp³-hybridized carbons (Fsp3) is 0.381. The molecule has 3 aromatic rings. The van der Waals surface area contributed by atoms with Crippen LogP contribution in [0.2, 0.25) is 0 Å². The Morgan fingerprint density at radius 2 is 2.03 bits per heavy atom. The topological polar surface area (TPSA) is 75.9 Å². The van der Waals surface area contributed by atoms with E-state index in [2.05, 4.69) is 20.4 Å². The molecular formula is C21H23F2N5OS. The van der Waals surface area contributed by atoms with Gasteiger partial charge in [-0.25, -0.2) is 18.7 Å². The molecule has 0 saturated carbocycles. The van der Waals surface area contributed by atoms with Crippen molar-refractivity contribution in [3.8, 4) is 11.1 Å². The average Bonchev–Trinajstić information content (AvgIpc) is 3.16. The molecule has 3 heterocycles. The summed E-state index contributed by atoms with van der Waals surface area (Å²) in [6, 6.07) is 7.02. The number of aromatic nitrogens is 4. The Kier molecular flexibility index (Phi) is 6.01. The molecule has 0 bridgehead atoms. The molecule has 1 aromatic carbocycles. The van der Waals surface area contributed by atoms with E-state index < -0.39 is 12.0 Å². The molecule has 0 spiro atoms. The average molecular weight is 432 g/mol. The second kappa shape index (κ2) is 8.69. The van der Waals surface area contributed by atoms with Crippen LogP contribution in [0.3, 0.4) is 0 Å². The van der Waals surface area contributed by atoms with E-state index in [1.165, 1.54) is 12.3 Å². The minimum atomic E-state index is -2.65. The van der Waals surface area contributed by atoms with Crippen molar-refractivity contribution in [3.63, 3.8) is 0 Å². The smallest absolute Gasteiger partial charge is 0.280 e. The van der Waals surface area contributed by atoms with Gasteiger partial charge >= 0.3 is 0 Å². The van der Waals surface area contributed by atoms with E-state index in [1.807, 2.05) is 43.1 Å². The lowest BCUT2D eigenvalue weighted by Crippen LogP contribution is -2.38. The summed E-state index contributed by atoms with van der Waals surface area (Å²) in [5.74, 6) is 2.05. The summed E-state index contributed by atoms with van der Waals surface area (Å²) in [5.41, 5.74) is 2.52.